The van der Waals surface area contributed by atoms with Crippen molar-refractivity contribution in [2.24, 2.45) is 0 Å². The van der Waals surface area contributed by atoms with Gasteiger partial charge < -0.3 is 9.80 Å². The molecule has 0 bridgehead atoms. The smallest absolute Gasteiger partial charge is 0.0462 e. The lowest BCUT2D eigenvalue weighted by Gasteiger charge is -2.25. The van der Waals surface area contributed by atoms with Gasteiger partial charge in [0.2, 0.25) is 0 Å². The average molecular weight is 647 g/mol. The van der Waals surface area contributed by atoms with E-state index < -0.39 is 7.53 Å². The van der Waals surface area contributed by atoms with Crippen LogP contribution in [-0.2, 0) is 0 Å². The Morgan fingerprint density at radius 2 is 0.510 bits per heavy atom. The van der Waals surface area contributed by atoms with Gasteiger partial charge in [0.15, 0.2) is 0 Å². The SMILES string of the molecule is c1ccc(N(c2ccccc2)c2ccc(-c3ccc(-c4ccc(N(c5ccccc5)c5ccccc5)cc4)p3-c3ccccc3)cc2)cc1. The third-order valence-electron chi connectivity index (χ3n) is 8.80. The molecular weight excluding hydrogens is 611 g/mol. The number of hydrogen-bond acceptors (Lipinski definition) is 2. The summed E-state index contributed by atoms with van der Waals surface area (Å²) in [4.78, 5) is 4.62. The molecule has 7 aromatic carbocycles. The van der Waals surface area contributed by atoms with Crippen LogP contribution in [0.2, 0.25) is 0 Å². The van der Waals surface area contributed by atoms with Crippen LogP contribution < -0.4 is 9.80 Å². The monoisotopic (exact) mass is 646 g/mol. The van der Waals surface area contributed by atoms with E-state index in [2.05, 4.69) is 222 Å². The van der Waals surface area contributed by atoms with Crippen molar-refractivity contribution in [2.45, 2.75) is 0 Å². The Kier molecular flexibility index (Phi) is 8.62. The molecule has 0 aliphatic rings. The van der Waals surface area contributed by atoms with Crippen molar-refractivity contribution in [1.82, 2.24) is 0 Å². The fraction of sp³-hybridized carbons (Fsp3) is 0. The van der Waals surface area contributed by atoms with E-state index in [4.69, 9.17) is 0 Å². The number of hydrogen-bond donors (Lipinski definition) is 0. The van der Waals surface area contributed by atoms with Crippen LogP contribution in [0.1, 0.15) is 0 Å². The minimum atomic E-state index is -0.750. The number of nitrogens with zero attached hydrogens (tertiary/aromatic N) is 2. The fourth-order valence-electron chi connectivity index (χ4n) is 6.51. The predicted octanol–water partition coefficient (Wildman–Crippen LogP) is 13.9. The summed E-state index contributed by atoms with van der Waals surface area (Å²) in [6.45, 7) is 0. The quantitative estimate of drug-likeness (QED) is 0.154. The number of rotatable bonds is 9. The lowest BCUT2D eigenvalue weighted by atomic mass is 10.1. The highest BCUT2D eigenvalue weighted by Gasteiger charge is 2.18. The second-order valence-electron chi connectivity index (χ2n) is 11.9. The van der Waals surface area contributed by atoms with E-state index in [0.29, 0.717) is 0 Å². The Morgan fingerprint density at radius 1 is 0.245 bits per heavy atom. The Morgan fingerprint density at radius 3 is 0.816 bits per heavy atom. The summed E-state index contributed by atoms with van der Waals surface area (Å²) in [5.74, 6) is 0. The van der Waals surface area contributed by atoms with E-state index in [0.717, 1.165) is 34.1 Å². The van der Waals surface area contributed by atoms with E-state index in [9.17, 15) is 0 Å². The summed E-state index contributed by atoms with van der Waals surface area (Å²) >= 11 is 0. The molecule has 234 valence electrons. The molecule has 8 aromatic rings. The van der Waals surface area contributed by atoms with E-state index in [1.54, 1.807) is 0 Å². The van der Waals surface area contributed by atoms with Gasteiger partial charge in [-0.25, -0.2) is 0 Å². The number of anilines is 6. The van der Waals surface area contributed by atoms with Crippen LogP contribution in [0.15, 0.2) is 212 Å². The molecule has 0 N–H and O–H groups in total. The molecule has 0 aliphatic carbocycles. The van der Waals surface area contributed by atoms with Gasteiger partial charge in [0.25, 0.3) is 0 Å². The van der Waals surface area contributed by atoms with Gasteiger partial charge in [-0.3, -0.25) is 0 Å². The van der Waals surface area contributed by atoms with Crippen LogP contribution in [-0.4, -0.2) is 0 Å². The Balaban J connectivity index is 1.18. The molecular formula is C46H35N2P. The zero-order chi connectivity index (χ0) is 32.8. The molecule has 2 nitrogen and oxygen atoms in total. The van der Waals surface area contributed by atoms with Crippen molar-refractivity contribution >= 4 is 41.7 Å². The molecule has 0 radical (unpaired) electrons. The molecule has 1 aromatic heterocycles. The van der Waals surface area contributed by atoms with Gasteiger partial charge in [-0.05, 0) is 101 Å². The summed E-state index contributed by atoms with van der Waals surface area (Å²) in [6, 6.07) is 76.1. The zero-order valence-corrected chi connectivity index (χ0v) is 27.9. The summed E-state index contributed by atoms with van der Waals surface area (Å²) in [6.07, 6.45) is 0. The molecule has 0 saturated carbocycles. The van der Waals surface area contributed by atoms with Gasteiger partial charge >= 0.3 is 0 Å². The van der Waals surface area contributed by atoms with Crippen LogP contribution >= 0.6 is 7.53 Å². The van der Waals surface area contributed by atoms with Crippen molar-refractivity contribution < 1.29 is 0 Å². The van der Waals surface area contributed by atoms with E-state index >= 15 is 0 Å². The lowest BCUT2D eigenvalue weighted by molar-refractivity contribution is 1.28. The van der Waals surface area contributed by atoms with Crippen molar-refractivity contribution in [2.75, 3.05) is 9.80 Å². The predicted molar refractivity (Wildman–Crippen MR) is 211 cm³/mol. The molecule has 0 saturated heterocycles. The summed E-state index contributed by atoms with van der Waals surface area (Å²) in [5, 5.41) is 4.09. The fourth-order valence-corrected chi connectivity index (χ4v) is 9.06. The first-order valence-corrected chi connectivity index (χ1v) is 18.0. The normalized spacial score (nSPS) is 10.9. The summed E-state index contributed by atoms with van der Waals surface area (Å²) < 4.78 is 0. The summed E-state index contributed by atoms with van der Waals surface area (Å²) in [7, 11) is -0.750. The largest absolute Gasteiger partial charge is 0.311 e. The molecule has 49 heavy (non-hydrogen) atoms. The second kappa shape index (κ2) is 14.0. The van der Waals surface area contributed by atoms with Gasteiger partial charge in [0.05, 0.1) is 0 Å². The highest BCUT2D eigenvalue weighted by molar-refractivity contribution is 7.63. The highest BCUT2D eigenvalue weighted by Crippen LogP contribution is 2.57. The van der Waals surface area contributed by atoms with Crippen LogP contribution in [0.4, 0.5) is 34.1 Å². The lowest BCUT2D eigenvalue weighted by Crippen LogP contribution is -2.09. The Hall–Kier alpha value is -6.08. The maximum Gasteiger partial charge on any atom is 0.0462 e. The molecule has 0 aliphatic heterocycles. The van der Waals surface area contributed by atoms with Crippen LogP contribution in [0, 0.1) is 0 Å². The molecule has 0 fully saturated rings. The average Bonchev–Trinajstić information content (AvgIpc) is 3.63. The van der Waals surface area contributed by atoms with E-state index in [-0.39, 0.29) is 0 Å². The molecule has 0 spiro atoms. The van der Waals surface area contributed by atoms with Gasteiger partial charge in [-0.1, -0.05) is 135 Å². The van der Waals surface area contributed by atoms with Crippen molar-refractivity contribution in [3.63, 3.8) is 0 Å². The maximum atomic E-state index is 2.34. The van der Waals surface area contributed by atoms with Crippen LogP contribution in [0.5, 0.6) is 0 Å². The van der Waals surface area contributed by atoms with Gasteiger partial charge in [0.1, 0.15) is 0 Å². The zero-order valence-electron chi connectivity index (χ0n) is 27.0. The Labute approximate surface area is 289 Å². The van der Waals surface area contributed by atoms with Crippen LogP contribution in [0.3, 0.4) is 0 Å². The highest BCUT2D eigenvalue weighted by atomic mass is 31.1. The van der Waals surface area contributed by atoms with Gasteiger partial charge in [-0.15, -0.1) is 0 Å². The van der Waals surface area contributed by atoms with E-state index in [1.165, 1.54) is 27.0 Å². The van der Waals surface area contributed by atoms with Crippen molar-refractivity contribution in [3.8, 4) is 27.0 Å². The minimum absolute atomic E-state index is 0.750. The van der Waals surface area contributed by atoms with Crippen LogP contribution in [0.25, 0.3) is 27.0 Å². The molecule has 0 unspecified atom stereocenters. The summed E-state index contributed by atoms with van der Waals surface area (Å²) in [5.41, 5.74) is 9.32. The third kappa shape index (κ3) is 6.31. The number of benzene rings is 7. The Bertz CT molecular complexity index is 2010. The first-order chi connectivity index (χ1) is 24.3. The van der Waals surface area contributed by atoms with Crippen molar-refractivity contribution in [1.29, 1.82) is 0 Å². The first-order valence-electron chi connectivity index (χ1n) is 16.6. The molecule has 3 heteroatoms. The molecule has 8 rings (SSSR count). The molecule has 0 atom stereocenters. The third-order valence-corrected chi connectivity index (χ3v) is 11.4. The molecule has 1 heterocycles. The van der Waals surface area contributed by atoms with Gasteiger partial charge in [-0.2, -0.15) is 0 Å². The standard InChI is InChI=1S/C46H35N2P/c1-6-16-38(17-7-1)47(39-18-8-2-9-19-39)42-30-26-36(27-31-42)45-34-35-46(49(45)44-24-14-5-15-25-44)37-28-32-43(33-29-37)48(40-20-10-3-11-21-40)41-22-12-4-13-23-41/h1-35H. The topological polar surface area (TPSA) is 6.48 Å². The first kappa shape index (κ1) is 30.3. The second-order valence-corrected chi connectivity index (χ2v) is 14.0. The number of para-hydroxylation sites is 4. The van der Waals surface area contributed by atoms with Crippen molar-refractivity contribution in [3.05, 3.63) is 212 Å². The maximum absolute atomic E-state index is 2.34. The minimum Gasteiger partial charge on any atom is -0.311 e. The van der Waals surface area contributed by atoms with Gasteiger partial charge in [0, 0.05) is 44.7 Å². The molecule has 0 amide bonds. The van der Waals surface area contributed by atoms with E-state index in [1.807, 2.05) is 0 Å².